The Balaban J connectivity index is 0.000000360. The highest BCUT2D eigenvalue weighted by Crippen LogP contribution is 2.34. The summed E-state index contributed by atoms with van der Waals surface area (Å²) in [6.45, 7) is 12.3. The minimum Gasteiger partial charge on any atom is -0.390 e. The summed E-state index contributed by atoms with van der Waals surface area (Å²) in [5, 5.41) is 12.4. The third kappa shape index (κ3) is 5.84. The fourth-order valence-electron chi connectivity index (χ4n) is 2.10. The second-order valence-corrected chi connectivity index (χ2v) is 6.53. The second kappa shape index (κ2) is 8.99. The van der Waals surface area contributed by atoms with E-state index in [2.05, 4.69) is 33.9 Å². The predicted octanol–water partition coefficient (Wildman–Crippen LogP) is 3.72. The van der Waals surface area contributed by atoms with Gasteiger partial charge in [-0.15, -0.1) is 0 Å². The van der Waals surface area contributed by atoms with Gasteiger partial charge in [-0.05, 0) is 37.3 Å². The number of hydrogen-bond acceptors (Lipinski definition) is 2. The van der Waals surface area contributed by atoms with Gasteiger partial charge >= 0.3 is 0 Å². The Labute approximate surface area is 136 Å². The average Bonchev–Trinajstić information content (AvgIpc) is 2.83. The summed E-state index contributed by atoms with van der Waals surface area (Å²) >= 11 is 0. The van der Waals surface area contributed by atoms with Crippen LogP contribution in [0.25, 0.3) is 0 Å². The maximum atomic E-state index is 11.0. The molecular weight excluding hydrogens is 273 g/mol. The van der Waals surface area contributed by atoms with Gasteiger partial charge in [-0.3, -0.25) is 4.79 Å². The van der Waals surface area contributed by atoms with E-state index in [1.807, 2.05) is 38.1 Å². The van der Waals surface area contributed by atoms with E-state index in [9.17, 15) is 9.90 Å². The van der Waals surface area contributed by atoms with E-state index in [1.54, 1.807) is 0 Å². The van der Waals surface area contributed by atoms with E-state index < -0.39 is 5.60 Å². The first kappa shape index (κ1) is 20.7. The molecule has 122 valence electrons. The number of aliphatic hydroxyl groups is 1. The number of amides is 1. The quantitative estimate of drug-likeness (QED) is 0.836. The van der Waals surface area contributed by atoms with E-state index in [1.165, 1.54) is 6.82 Å². The summed E-state index contributed by atoms with van der Waals surface area (Å²) < 4.78 is 0. The van der Waals surface area contributed by atoms with Gasteiger partial charge in [0.05, 0.1) is 13.4 Å². The molecule has 1 aromatic carbocycles. The molecule has 0 saturated carbocycles. The normalized spacial score (nSPS) is 13.1. The average molecular weight is 303 g/mol. The van der Waals surface area contributed by atoms with Crippen LogP contribution in [0.2, 0.25) is 6.82 Å². The fraction of sp³-hybridized carbons (Fsp3) is 0.611. The molecule has 0 spiro atoms. The number of fused-ring (bicyclic) bond motifs is 1. The number of carbonyl (C=O) groups excluding carboxylic acids is 1. The highest BCUT2D eigenvalue weighted by atomic mass is 16.3. The fourth-order valence-corrected chi connectivity index (χ4v) is 2.10. The standard InChI is InChI=1S/C9H20O.C8H7NO.CH3B/c1-6-7-8(2,3)9(4,5)10;10-8-7-4-2-1-3-6(7)5-9-8;1-2/h10H,6-7H2,1-5H3;1-4H,5H2,(H,9,10);1H3. The largest absolute Gasteiger partial charge is 0.390 e. The molecule has 22 heavy (non-hydrogen) atoms. The van der Waals surface area contributed by atoms with Crippen molar-refractivity contribution in [3.8, 4) is 0 Å². The van der Waals surface area contributed by atoms with E-state index in [4.69, 9.17) is 0 Å². The maximum absolute atomic E-state index is 11.0. The molecule has 1 heterocycles. The highest BCUT2D eigenvalue weighted by molar-refractivity contribution is 6.05. The Morgan fingerprint density at radius 1 is 1.18 bits per heavy atom. The van der Waals surface area contributed by atoms with Crippen molar-refractivity contribution in [1.82, 2.24) is 5.32 Å². The topological polar surface area (TPSA) is 49.3 Å². The SMILES string of the molecule is CCCC(C)(C)C(C)(C)O.O=C1NCc2ccccc21.[B]C. The molecule has 2 radical (unpaired) electrons. The summed E-state index contributed by atoms with van der Waals surface area (Å²) in [6, 6.07) is 7.63. The van der Waals surface area contributed by atoms with Gasteiger partial charge in [-0.2, -0.15) is 0 Å². The van der Waals surface area contributed by atoms with Gasteiger partial charge in [0, 0.05) is 12.1 Å². The van der Waals surface area contributed by atoms with Crippen molar-refractivity contribution in [2.75, 3.05) is 0 Å². The minimum absolute atomic E-state index is 0.0434. The number of carbonyl (C=O) groups is 1. The number of hydrogen-bond donors (Lipinski definition) is 2. The second-order valence-electron chi connectivity index (χ2n) is 6.53. The van der Waals surface area contributed by atoms with Crippen LogP contribution in [0.3, 0.4) is 0 Å². The molecule has 1 amide bonds. The minimum atomic E-state index is -0.553. The van der Waals surface area contributed by atoms with Gasteiger partial charge < -0.3 is 10.4 Å². The van der Waals surface area contributed by atoms with E-state index in [0.717, 1.165) is 24.0 Å². The molecule has 0 unspecified atom stereocenters. The lowest BCUT2D eigenvalue weighted by Gasteiger charge is -2.37. The van der Waals surface area contributed by atoms with Gasteiger partial charge in [0.15, 0.2) is 0 Å². The summed E-state index contributed by atoms with van der Waals surface area (Å²) in [7, 11) is 4.50. The van der Waals surface area contributed by atoms with Gasteiger partial charge in [-0.1, -0.05) is 52.2 Å². The maximum Gasteiger partial charge on any atom is 0.251 e. The van der Waals surface area contributed by atoms with Crippen LogP contribution in [0.15, 0.2) is 24.3 Å². The first-order chi connectivity index (χ1) is 10.2. The van der Waals surface area contributed by atoms with Crippen molar-refractivity contribution in [3.63, 3.8) is 0 Å². The van der Waals surface area contributed by atoms with Gasteiger partial charge in [-0.25, -0.2) is 0 Å². The molecule has 1 aliphatic heterocycles. The number of nitrogens with one attached hydrogen (secondary N) is 1. The van der Waals surface area contributed by atoms with Crippen LogP contribution in [0.5, 0.6) is 0 Å². The lowest BCUT2D eigenvalue weighted by atomic mass is 9.74. The highest BCUT2D eigenvalue weighted by Gasteiger charge is 2.33. The molecule has 0 bridgehead atoms. The van der Waals surface area contributed by atoms with Crippen molar-refractivity contribution >= 4 is 13.8 Å². The number of rotatable bonds is 3. The van der Waals surface area contributed by atoms with Crippen LogP contribution in [-0.4, -0.2) is 24.5 Å². The molecule has 2 N–H and O–H groups in total. The molecule has 1 aliphatic rings. The zero-order valence-electron chi connectivity index (χ0n) is 14.9. The first-order valence-electron chi connectivity index (χ1n) is 7.85. The van der Waals surface area contributed by atoms with Crippen LogP contribution in [-0.2, 0) is 6.54 Å². The van der Waals surface area contributed by atoms with E-state index >= 15 is 0 Å². The van der Waals surface area contributed by atoms with Gasteiger partial charge in [0.1, 0.15) is 0 Å². The molecule has 4 heteroatoms. The summed E-state index contributed by atoms with van der Waals surface area (Å²) in [6.07, 6.45) is 2.22. The lowest BCUT2D eigenvalue weighted by Crippen LogP contribution is -2.38. The smallest absolute Gasteiger partial charge is 0.251 e. The van der Waals surface area contributed by atoms with Crippen LogP contribution in [0.4, 0.5) is 0 Å². The summed E-state index contributed by atoms with van der Waals surface area (Å²) in [4.78, 5) is 11.0. The van der Waals surface area contributed by atoms with Gasteiger partial charge in [0.2, 0.25) is 0 Å². The van der Waals surface area contributed by atoms with Crippen LogP contribution < -0.4 is 5.32 Å². The molecular formula is C18H30BNO2. The molecule has 2 rings (SSSR count). The van der Waals surface area contributed by atoms with E-state index in [-0.39, 0.29) is 11.3 Å². The zero-order chi connectivity index (χ0) is 17.4. The number of benzene rings is 1. The third-order valence-corrected chi connectivity index (χ3v) is 4.23. The van der Waals surface area contributed by atoms with Crippen LogP contribution >= 0.6 is 0 Å². The molecule has 0 fully saturated rings. The Morgan fingerprint density at radius 3 is 2.14 bits per heavy atom. The molecule has 0 aliphatic carbocycles. The van der Waals surface area contributed by atoms with Crippen molar-refractivity contribution < 1.29 is 9.90 Å². The summed E-state index contributed by atoms with van der Waals surface area (Å²) in [5.41, 5.74) is 1.42. The Morgan fingerprint density at radius 2 is 1.73 bits per heavy atom. The van der Waals surface area contributed by atoms with Crippen LogP contribution in [0.1, 0.15) is 63.4 Å². The van der Waals surface area contributed by atoms with Gasteiger partial charge in [0.25, 0.3) is 5.91 Å². The molecule has 3 nitrogen and oxygen atoms in total. The molecule has 0 aromatic heterocycles. The lowest BCUT2D eigenvalue weighted by molar-refractivity contribution is -0.0396. The predicted molar refractivity (Wildman–Crippen MR) is 94.2 cm³/mol. The molecule has 0 saturated heterocycles. The van der Waals surface area contributed by atoms with Crippen molar-refractivity contribution in [3.05, 3.63) is 35.4 Å². The first-order valence-corrected chi connectivity index (χ1v) is 7.85. The Kier molecular flexibility index (Phi) is 8.46. The van der Waals surface area contributed by atoms with Crippen molar-refractivity contribution in [2.24, 2.45) is 5.41 Å². The zero-order valence-corrected chi connectivity index (χ0v) is 14.9. The third-order valence-electron chi connectivity index (χ3n) is 4.23. The van der Waals surface area contributed by atoms with Crippen LogP contribution in [0, 0.1) is 5.41 Å². The Bertz CT molecular complexity index is 464. The van der Waals surface area contributed by atoms with Crippen molar-refractivity contribution in [1.29, 1.82) is 0 Å². The monoisotopic (exact) mass is 303 g/mol. The van der Waals surface area contributed by atoms with Crippen molar-refractivity contribution in [2.45, 2.75) is 66.4 Å². The Hall–Kier alpha value is -1.29. The molecule has 1 aromatic rings. The molecule has 0 atom stereocenters. The van der Waals surface area contributed by atoms with E-state index in [0.29, 0.717) is 6.54 Å². The summed E-state index contributed by atoms with van der Waals surface area (Å²) in [5.74, 6) is 0.0515.